The van der Waals surface area contributed by atoms with Gasteiger partial charge in [-0.1, -0.05) is 42.5 Å². The van der Waals surface area contributed by atoms with Crippen LogP contribution in [0.25, 0.3) is 10.8 Å². The predicted octanol–water partition coefficient (Wildman–Crippen LogP) is 3.31. The molecule has 26 heavy (non-hydrogen) atoms. The van der Waals surface area contributed by atoms with Crippen molar-refractivity contribution in [3.63, 3.8) is 0 Å². The van der Waals surface area contributed by atoms with Crippen molar-refractivity contribution in [1.82, 2.24) is 5.32 Å². The van der Waals surface area contributed by atoms with Crippen LogP contribution in [0.3, 0.4) is 0 Å². The van der Waals surface area contributed by atoms with Crippen LogP contribution >= 0.6 is 0 Å². The first-order valence-electron chi connectivity index (χ1n) is 8.55. The lowest BCUT2D eigenvalue weighted by Crippen LogP contribution is -2.28. The number of carbonyl (C=O) groups excluding carboxylic acids is 1. The van der Waals surface area contributed by atoms with Crippen molar-refractivity contribution in [3.8, 4) is 17.2 Å². The van der Waals surface area contributed by atoms with E-state index in [4.69, 9.17) is 14.2 Å². The number of benzene rings is 3. The number of amides is 1. The summed E-state index contributed by atoms with van der Waals surface area (Å²) in [6, 6.07) is 19.4. The van der Waals surface area contributed by atoms with Crippen molar-refractivity contribution in [1.29, 1.82) is 0 Å². The highest BCUT2D eigenvalue weighted by Crippen LogP contribution is 2.30. The van der Waals surface area contributed by atoms with Gasteiger partial charge in [0.05, 0.1) is 0 Å². The molecular weight excluding hydrogens is 330 g/mol. The lowest BCUT2D eigenvalue weighted by Gasteiger charge is -2.19. The monoisotopic (exact) mass is 349 g/mol. The van der Waals surface area contributed by atoms with Crippen molar-refractivity contribution in [3.05, 3.63) is 66.2 Å². The molecular formula is C21H19NO4. The van der Waals surface area contributed by atoms with Gasteiger partial charge in [-0.3, -0.25) is 4.79 Å². The molecule has 3 aromatic rings. The van der Waals surface area contributed by atoms with Crippen LogP contribution in [-0.4, -0.2) is 25.7 Å². The van der Waals surface area contributed by atoms with Crippen LogP contribution in [0.5, 0.6) is 17.2 Å². The fourth-order valence-electron chi connectivity index (χ4n) is 2.91. The maximum absolute atomic E-state index is 12.1. The molecule has 4 rings (SSSR count). The Hall–Kier alpha value is -3.21. The third kappa shape index (κ3) is 3.57. The number of hydrogen-bond donors (Lipinski definition) is 1. The molecule has 1 heterocycles. The molecule has 1 N–H and O–H groups in total. The largest absolute Gasteiger partial charge is 0.486 e. The van der Waals surface area contributed by atoms with E-state index < -0.39 is 0 Å². The van der Waals surface area contributed by atoms with Crippen molar-refractivity contribution in [2.45, 2.75) is 6.54 Å². The summed E-state index contributed by atoms with van der Waals surface area (Å²) in [5.41, 5.74) is 0.952. The van der Waals surface area contributed by atoms with Crippen LogP contribution in [0.1, 0.15) is 5.56 Å². The molecule has 5 heteroatoms. The fraction of sp³-hybridized carbons (Fsp3) is 0.190. The predicted molar refractivity (Wildman–Crippen MR) is 98.7 cm³/mol. The minimum atomic E-state index is -0.173. The lowest BCUT2D eigenvalue weighted by molar-refractivity contribution is -0.123. The summed E-state index contributed by atoms with van der Waals surface area (Å²) in [6.07, 6.45) is 0. The smallest absolute Gasteiger partial charge is 0.258 e. The van der Waals surface area contributed by atoms with Gasteiger partial charge >= 0.3 is 0 Å². The Kier molecular flexibility index (Phi) is 4.60. The third-order valence-electron chi connectivity index (χ3n) is 4.20. The summed E-state index contributed by atoms with van der Waals surface area (Å²) in [7, 11) is 0. The lowest BCUT2D eigenvalue weighted by atomic mass is 10.1. The van der Waals surface area contributed by atoms with Crippen LogP contribution in [0.4, 0.5) is 0 Å². The molecule has 0 saturated carbocycles. The van der Waals surface area contributed by atoms with Gasteiger partial charge in [-0.05, 0) is 29.1 Å². The van der Waals surface area contributed by atoms with Gasteiger partial charge in [0.1, 0.15) is 19.0 Å². The average Bonchev–Trinajstić information content (AvgIpc) is 2.70. The zero-order valence-corrected chi connectivity index (χ0v) is 14.2. The second-order valence-electron chi connectivity index (χ2n) is 6.02. The van der Waals surface area contributed by atoms with E-state index in [0.29, 0.717) is 25.5 Å². The molecule has 0 aromatic heterocycles. The summed E-state index contributed by atoms with van der Waals surface area (Å²) in [5, 5.41) is 4.94. The topological polar surface area (TPSA) is 56.8 Å². The van der Waals surface area contributed by atoms with Gasteiger partial charge in [-0.2, -0.15) is 0 Å². The zero-order valence-electron chi connectivity index (χ0n) is 14.2. The quantitative estimate of drug-likeness (QED) is 0.768. The van der Waals surface area contributed by atoms with Crippen molar-refractivity contribution in [2.75, 3.05) is 19.8 Å². The standard InChI is InChI=1S/C21H19NO4/c23-21(14-26-18-7-3-5-16-4-1-2-6-17(16)18)22-13-15-8-9-19-20(12-15)25-11-10-24-19/h1-9,12H,10-11,13-14H2,(H,22,23). The maximum atomic E-state index is 12.1. The van der Waals surface area contributed by atoms with E-state index in [-0.39, 0.29) is 12.5 Å². The van der Waals surface area contributed by atoms with E-state index in [9.17, 15) is 4.79 Å². The van der Waals surface area contributed by atoms with Crippen LogP contribution in [0, 0.1) is 0 Å². The van der Waals surface area contributed by atoms with E-state index in [1.807, 2.05) is 60.7 Å². The molecule has 1 aliphatic rings. The second-order valence-corrected chi connectivity index (χ2v) is 6.02. The molecule has 0 fully saturated rings. The van der Waals surface area contributed by atoms with Crippen molar-refractivity contribution < 1.29 is 19.0 Å². The first kappa shape index (κ1) is 16.3. The Labute approximate surface area is 151 Å². The maximum Gasteiger partial charge on any atom is 0.258 e. The summed E-state index contributed by atoms with van der Waals surface area (Å²) in [4.78, 5) is 12.1. The molecule has 132 valence electrons. The Balaban J connectivity index is 1.34. The second kappa shape index (κ2) is 7.35. The molecule has 1 aliphatic heterocycles. The van der Waals surface area contributed by atoms with E-state index in [1.165, 1.54) is 0 Å². The Morgan fingerprint density at radius 1 is 0.962 bits per heavy atom. The Morgan fingerprint density at radius 2 is 1.77 bits per heavy atom. The van der Waals surface area contributed by atoms with Crippen molar-refractivity contribution >= 4 is 16.7 Å². The number of hydrogen-bond acceptors (Lipinski definition) is 4. The third-order valence-corrected chi connectivity index (χ3v) is 4.20. The first-order chi connectivity index (χ1) is 12.8. The SMILES string of the molecule is O=C(COc1cccc2ccccc12)NCc1ccc2c(c1)OCCO2. The molecule has 0 saturated heterocycles. The van der Waals surface area contributed by atoms with E-state index in [0.717, 1.165) is 27.8 Å². The minimum absolute atomic E-state index is 0.0292. The molecule has 0 bridgehead atoms. The Bertz CT molecular complexity index is 933. The van der Waals surface area contributed by atoms with Gasteiger partial charge in [0.25, 0.3) is 5.91 Å². The Morgan fingerprint density at radius 3 is 2.69 bits per heavy atom. The molecule has 5 nitrogen and oxygen atoms in total. The van der Waals surface area contributed by atoms with Crippen LogP contribution in [0.2, 0.25) is 0 Å². The van der Waals surface area contributed by atoms with Gasteiger partial charge in [-0.15, -0.1) is 0 Å². The summed E-state index contributed by atoms with van der Waals surface area (Å²) in [5.74, 6) is 1.99. The number of ether oxygens (including phenoxy) is 3. The summed E-state index contributed by atoms with van der Waals surface area (Å²) < 4.78 is 16.8. The highest BCUT2D eigenvalue weighted by atomic mass is 16.6. The summed E-state index contributed by atoms with van der Waals surface area (Å²) >= 11 is 0. The molecule has 0 unspecified atom stereocenters. The van der Waals surface area contributed by atoms with E-state index in [1.54, 1.807) is 0 Å². The van der Waals surface area contributed by atoms with E-state index >= 15 is 0 Å². The normalized spacial score (nSPS) is 12.6. The van der Waals surface area contributed by atoms with Gasteiger partial charge < -0.3 is 19.5 Å². The van der Waals surface area contributed by atoms with Gasteiger partial charge in [0, 0.05) is 11.9 Å². The minimum Gasteiger partial charge on any atom is -0.486 e. The fourth-order valence-corrected chi connectivity index (χ4v) is 2.91. The summed E-state index contributed by atoms with van der Waals surface area (Å²) in [6.45, 7) is 1.49. The van der Waals surface area contributed by atoms with Crippen LogP contribution < -0.4 is 19.5 Å². The van der Waals surface area contributed by atoms with Gasteiger partial charge in [-0.25, -0.2) is 0 Å². The molecule has 3 aromatic carbocycles. The van der Waals surface area contributed by atoms with Gasteiger partial charge in [0.2, 0.25) is 0 Å². The number of fused-ring (bicyclic) bond motifs is 2. The molecule has 0 radical (unpaired) electrons. The number of nitrogens with one attached hydrogen (secondary N) is 1. The molecule has 0 aliphatic carbocycles. The van der Waals surface area contributed by atoms with Crippen molar-refractivity contribution in [2.24, 2.45) is 0 Å². The average molecular weight is 349 g/mol. The molecule has 0 spiro atoms. The number of rotatable bonds is 5. The highest BCUT2D eigenvalue weighted by molar-refractivity contribution is 5.88. The molecule has 0 atom stereocenters. The van der Waals surface area contributed by atoms with Gasteiger partial charge in [0.15, 0.2) is 18.1 Å². The van der Waals surface area contributed by atoms with E-state index in [2.05, 4.69) is 5.32 Å². The highest BCUT2D eigenvalue weighted by Gasteiger charge is 2.12. The molecule has 1 amide bonds. The van der Waals surface area contributed by atoms with Crippen LogP contribution in [-0.2, 0) is 11.3 Å². The number of carbonyl (C=O) groups is 1. The first-order valence-corrected chi connectivity index (χ1v) is 8.55. The van der Waals surface area contributed by atoms with Crippen LogP contribution in [0.15, 0.2) is 60.7 Å². The zero-order chi connectivity index (χ0) is 17.8.